The van der Waals surface area contributed by atoms with Gasteiger partial charge < -0.3 is 9.47 Å². The van der Waals surface area contributed by atoms with Gasteiger partial charge in [-0.1, -0.05) is 29.8 Å². The minimum Gasteiger partial charge on any atom is -0.379 e. The summed E-state index contributed by atoms with van der Waals surface area (Å²) in [5, 5.41) is 1.07. The lowest BCUT2D eigenvalue weighted by Crippen LogP contribution is -2.37. The first kappa shape index (κ1) is 19.8. The van der Waals surface area contributed by atoms with Crippen molar-refractivity contribution in [1.29, 1.82) is 0 Å². The summed E-state index contributed by atoms with van der Waals surface area (Å²) in [4.78, 5) is 12.3. The Morgan fingerprint density at radius 1 is 1.11 bits per heavy atom. The van der Waals surface area contributed by atoms with Crippen molar-refractivity contribution in [3.8, 4) is 11.4 Å². The maximum atomic E-state index is 6.07. The third kappa shape index (κ3) is 4.74. The number of aromatic nitrogens is 2. The molecule has 0 amide bonds. The van der Waals surface area contributed by atoms with Crippen LogP contribution in [0.2, 0.25) is 0 Å². The molecule has 3 heterocycles. The number of nitrogens with zero attached hydrogens (tertiary/aromatic N) is 3. The van der Waals surface area contributed by atoms with Gasteiger partial charge in [0.25, 0.3) is 0 Å². The van der Waals surface area contributed by atoms with E-state index in [4.69, 9.17) is 19.4 Å². The highest BCUT2D eigenvalue weighted by atomic mass is 32.2. The maximum absolute atomic E-state index is 6.07. The van der Waals surface area contributed by atoms with E-state index in [9.17, 15) is 0 Å². The van der Waals surface area contributed by atoms with E-state index in [1.807, 2.05) is 11.8 Å². The standard InChI is InChI=1S/C22H29N3O2S/c1-16-4-6-17(7-5-16)20-23-19-14-22(2,3)27-15-18(19)21(24-20)28-13-10-25-8-11-26-12-9-25/h4-7H,8-15H2,1-3H3. The minimum atomic E-state index is -0.179. The van der Waals surface area contributed by atoms with Gasteiger partial charge in [-0.25, -0.2) is 9.97 Å². The smallest absolute Gasteiger partial charge is 0.160 e. The number of rotatable bonds is 5. The fraction of sp³-hybridized carbons (Fsp3) is 0.545. The molecular formula is C22H29N3O2S. The number of hydrogen-bond donors (Lipinski definition) is 0. The zero-order valence-electron chi connectivity index (χ0n) is 17.0. The Bertz CT molecular complexity index is 817. The number of ether oxygens (including phenoxy) is 2. The summed E-state index contributed by atoms with van der Waals surface area (Å²) in [6.45, 7) is 11.7. The molecule has 4 rings (SSSR count). The molecule has 0 N–H and O–H groups in total. The molecule has 2 aliphatic heterocycles. The SMILES string of the molecule is Cc1ccc(-c2nc3c(c(SCCN4CCOCC4)n2)COC(C)(C)C3)cc1. The molecule has 6 heteroatoms. The van der Waals surface area contributed by atoms with Crippen LogP contribution in [0.3, 0.4) is 0 Å². The molecule has 5 nitrogen and oxygen atoms in total. The Morgan fingerprint density at radius 3 is 2.61 bits per heavy atom. The van der Waals surface area contributed by atoms with E-state index in [0.717, 1.165) is 67.1 Å². The molecule has 0 aliphatic carbocycles. The van der Waals surface area contributed by atoms with Crippen LogP contribution in [0, 0.1) is 6.92 Å². The molecule has 1 saturated heterocycles. The van der Waals surface area contributed by atoms with Crippen molar-refractivity contribution in [3.05, 3.63) is 41.1 Å². The van der Waals surface area contributed by atoms with Crippen molar-refractivity contribution < 1.29 is 9.47 Å². The van der Waals surface area contributed by atoms with Gasteiger partial charge in [-0.05, 0) is 20.8 Å². The zero-order chi connectivity index (χ0) is 19.6. The lowest BCUT2D eigenvalue weighted by Gasteiger charge is -2.32. The van der Waals surface area contributed by atoms with E-state index in [1.165, 1.54) is 11.1 Å². The first-order valence-corrected chi connectivity index (χ1v) is 11.0. The van der Waals surface area contributed by atoms with Crippen LogP contribution in [-0.2, 0) is 22.5 Å². The summed E-state index contributed by atoms with van der Waals surface area (Å²) in [6, 6.07) is 8.47. The molecule has 0 atom stereocenters. The van der Waals surface area contributed by atoms with Gasteiger partial charge in [0, 0.05) is 42.9 Å². The Labute approximate surface area is 171 Å². The van der Waals surface area contributed by atoms with E-state index >= 15 is 0 Å². The monoisotopic (exact) mass is 399 g/mol. The second-order valence-electron chi connectivity index (χ2n) is 8.17. The molecule has 0 saturated carbocycles. The lowest BCUT2D eigenvalue weighted by atomic mass is 9.96. The van der Waals surface area contributed by atoms with E-state index in [-0.39, 0.29) is 5.60 Å². The van der Waals surface area contributed by atoms with Gasteiger partial charge in [-0.15, -0.1) is 11.8 Å². The predicted molar refractivity (Wildman–Crippen MR) is 113 cm³/mol. The van der Waals surface area contributed by atoms with Crippen molar-refractivity contribution in [1.82, 2.24) is 14.9 Å². The first-order valence-electron chi connectivity index (χ1n) is 10.0. The quantitative estimate of drug-likeness (QED) is 0.564. The molecular weight excluding hydrogens is 370 g/mol. The summed E-state index contributed by atoms with van der Waals surface area (Å²) in [5.74, 6) is 1.84. The molecule has 28 heavy (non-hydrogen) atoms. The molecule has 1 aromatic carbocycles. The summed E-state index contributed by atoms with van der Waals surface area (Å²) >= 11 is 1.83. The summed E-state index contributed by atoms with van der Waals surface area (Å²) in [7, 11) is 0. The highest BCUT2D eigenvalue weighted by Gasteiger charge is 2.30. The molecule has 2 aliphatic rings. The number of morpholine rings is 1. The number of fused-ring (bicyclic) bond motifs is 1. The van der Waals surface area contributed by atoms with Crippen molar-refractivity contribution in [3.63, 3.8) is 0 Å². The van der Waals surface area contributed by atoms with Crippen LogP contribution >= 0.6 is 11.8 Å². The fourth-order valence-corrected chi connectivity index (χ4v) is 4.61. The van der Waals surface area contributed by atoms with E-state index in [2.05, 4.69) is 49.9 Å². The lowest BCUT2D eigenvalue weighted by molar-refractivity contribution is -0.0428. The van der Waals surface area contributed by atoms with Crippen LogP contribution < -0.4 is 0 Å². The van der Waals surface area contributed by atoms with Gasteiger partial charge in [0.15, 0.2) is 5.82 Å². The van der Waals surface area contributed by atoms with Crippen molar-refractivity contribution in [2.24, 2.45) is 0 Å². The van der Waals surface area contributed by atoms with E-state index in [1.54, 1.807) is 0 Å². The van der Waals surface area contributed by atoms with Gasteiger partial charge in [-0.3, -0.25) is 4.90 Å². The molecule has 0 unspecified atom stereocenters. The molecule has 2 aromatic rings. The highest BCUT2D eigenvalue weighted by Crippen LogP contribution is 2.34. The summed E-state index contributed by atoms with van der Waals surface area (Å²) in [5.41, 5.74) is 4.45. The Balaban J connectivity index is 1.58. The Morgan fingerprint density at radius 2 is 1.86 bits per heavy atom. The topological polar surface area (TPSA) is 47.5 Å². The van der Waals surface area contributed by atoms with Crippen LogP contribution in [0.25, 0.3) is 11.4 Å². The molecule has 0 spiro atoms. The van der Waals surface area contributed by atoms with E-state index in [0.29, 0.717) is 6.61 Å². The second-order valence-corrected chi connectivity index (χ2v) is 9.25. The highest BCUT2D eigenvalue weighted by molar-refractivity contribution is 7.99. The first-order chi connectivity index (χ1) is 13.5. The minimum absolute atomic E-state index is 0.179. The average Bonchev–Trinajstić information content (AvgIpc) is 2.68. The summed E-state index contributed by atoms with van der Waals surface area (Å²) in [6.07, 6.45) is 0.820. The normalized spacial score (nSPS) is 19.4. The van der Waals surface area contributed by atoms with Crippen LogP contribution in [0.15, 0.2) is 29.3 Å². The van der Waals surface area contributed by atoms with Gasteiger partial charge >= 0.3 is 0 Å². The number of aryl methyl sites for hydroxylation is 1. The van der Waals surface area contributed by atoms with Gasteiger partial charge in [0.1, 0.15) is 5.03 Å². The van der Waals surface area contributed by atoms with Crippen molar-refractivity contribution >= 4 is 11.8 Å². The largest absolute Gasteiger partial charge is 0.379 e. The van der Waals surface area contributed by atoms with Crippen molar-refractivity contribution in [2.45, 2.75) is 44.4 Å². The van der Waals surface area contributed by atoms with Crippen LogP contribution in [0.1, 0.15) is 30.7 Å². The van der Waals surface area contributed by atoms with E-state index < -0.39 is 0 Å². The molecule has 1 aromatic heterocycles. The Hall–Kier alpha value is -1.47. The van der Waals surface area contributed by atoms with Crippen LogP contribution in [-0.4, -0.2) is 59.1 Å². The molecule has 1 fully saturated rings. The van der Waals surface area contributed by atoms with Gasteiger partial charge in [-0.2, -0.15) is 0 Å². The Kier molecular flexibility index (Phi) is 6.01. The fourth-order valence-electron chi connectivity index (χ4n) is 3.57. The van der Waals surface area contributed by atoms with Crippen molar-refractivity contribution in [2.75, 3.05) is 38.6 Å². The van der Waals surface area contributed by atoms with Crippen LogP contribution in [0.5, 0.6) is 0 Å². The predicted octanol–water partition coefficient (Wildman–Crippen LogP) is 3.73. The number of thioether (sulfide) groups is 1. The molecule has 0 bridgehead atoms. The maximum Gasteiger partial charge on any atom is 0.160 e. The van der Waals surface area contributed by atoms with Crippen LogP contribution in [0.4, 0.5) is 0 Å². The third-order valence-electron chi connectivity index (χ3n) is 5.31. The average molecular weight is 400 g/mol. The van der Waals surface area contributed by atoms with Gasteiger partial charge in [0.2, 0.25) is 0 Å². The molecule has 0 radical (unpaired) electrons. The van der Waals surface area contributed by atoms with Gasteiger partial charge in [0.05, 0.1) is 31.1 Å². The third-order valence-corrected chi connectivity index (χ3v) is 6.31. The molecule has 150 valence electrons. The second kappa shape index (κ2) is 8.49. The zero-order valence-corrected chi connectivity index (χ0v) is 17.8. The summed E-state index contributed by atoms with van der Waals surface area (Å²) < 4.78 is 11.5. The number of benzene rings is 1. The number of hydrogen-bond acceptors (Lipinski definition) is 6.